The zero-order valence-electron chi connectivity index (χ0n) is 10.1. The third kappa shape index (κ3) is 3.87. The molecule has 0 aliphatic rings. The number of rotatable bonds is 5. The molecule has 2 rings (SSSR count). The van der Waals surface area contributed by atoms with Crippen LogP contribution in [0.4, 0.5) is 8.78 Å². The molecule has 0 radical (unpaired) electrons. The summed E-state index contributed by atoms with van der Waals surface area (Å²) in [5, 5.41) is 5.40. The first-order valence-electron chi connectivity index (χ1n) is 5.47. The smallest absolute Gasteiger partial charge is 0.305 e. The van der Waals surface area contributed by atoms with Crippen molar-refractivity contribution in [3.05, 3.63) is 24.5 Å². The van der Waals surface area contributed by atoms with E-state index in [0.717, 1.165) is 5.56 Å². The van der Waals surface area contributed by atoms with Crippen LogP contribution in [0.15, 0.2) is 29.7 Å². The largest absolute Gasteiger partial charge is 0.322 e. The zero-order chi connectivity index (χ0) is 13.9. The predicted octanol–water partition coefficient (Wildman–Crippen LogP) is 3.19. The molecule has 0 spiro atoms. The zero-order valence-corrected chi connectivity index (χ0v) is 11.6. The quantitative estimate of drug-likeness (QED) is 0.628. The van der Waals surface area contributed by atoms with Gasteiger partial charge < -0.3 is 4.57 Å². The number of hydrogen-bond donors (Lipinski definition) is 0. The Labute approximate surface area is 118 Å². The molecule has 19 heavy (non-hydrogen) atoms. The third-order valence-corrected chi connectivity index (χ3v) is 3.58. The van der Waals surface area contributed by atoms with Crippen molar-refractivity contribution in [2.75, 3.05) is 5.75 Å². The summed E-state index contributed by atoms with van der Waals surface area (Å²) in [4.78, 5) is 4.00. The molecular weight excluding hydrogens is 294 g/mol. The van der Waals surface area contributed by atoms with E-state index >= 15 is 0 Å². The van der Waals surface area contributed by atoms with Gasteiger partial charge in [-0.3, -0.25) is 4.98 Å². The second-order valence-electron chi connectivity index (χ2n) is 3.82. The average molecular weight is 305 g/mol. The normalized spacial score (nSPS) is 11.8. The predicted molar refractivity (Wildman–Crippen MR) is 70.4 cm³/mol. The third-order valence-electron chi connectivity index (χ3n) is 2.37. The number of halogens is 3. The Morgan fingerprint density at radius 1 is 1.42 bits per heavy atom. The first-order valence-corrected chi connectivity index (χ1v) is 6.83. The molecule has 0 aliphatic carbocycles. The van der Waals surface area contributed by atoms with Gasteiger partial charge in [-0.05, 0) is 23.7 Å². The standard InChI is InChI=1S/C11H11ClF2N4S/c1-18-9(8-3-2-5-15-7-8)16-17-10(18)19-6-4-11(12,13)14/h2-3,5,7H,4,6H2,1H3. The van der Waals surface area contributed by atoms with Crippen LogP contribution in [0.3, 0.4) is 0 Å². The number of alkyl halides is 3. The van der Waals surface area contributed by atoms with E-state index in [9.17, 15) is 8.78 Å². The van der Waals surface area contributed by atoms with Crippen LogP contribution < -0.4 is 0 Å². The summed E-state index contributed by atoms with van der Waals surface area (Å²) in [6.45, 7) is 0. The van der Waals surface area contributed by atoms with Gasteiger partial charge in [0.25, 0.3) is 0 Å². The lowest BCUT2D eigenvalue weighted by molar-refractivity contribution is 0.0934. The molecule has 0 saturated carbocycles. The fraction of sp³-hybridized carbons (Fsp3) is 0.364. The van der Waals surface area contributed by atoms with Gasteiger partial charge >= 0.3 is 5.38 Å². The Balaban J connectivity index is 2.07. The molecule has 2 aromatic heterocycles. The molecule has 102 valence electrons. The van der Waals surface area contributed by atoms with Gasteiger partial charge in [0, 0.05) is 37.2 Å². The van der Waals surface area contributed by atoms with Crippen LogP contribution in [0.1, 0.15) is 6.42 Å². The molecule has 4 nitrogen and oxygen atoms in total. The molecule has 0 fully saturated rings. The molecule has 0 atom stereocenters. The van der Waals surface area contributed by atoms with Gasteiger partial charge in [-0.15, -0.1) is 10.2 Å². The topological polar surface area (TPSA) is 43.6 Å². The molecule has 0 amide bonds. The van der Waals surface area contributed by atoms with Crippen LogP contribution in [0.2, 0.25) is 0 Å². The maximum Gasteiger partial charge on any atom is 0.322 e. The van der Waals surface area contributed by atoms with Crippen LogP contribution >= 0.6 is 23.4 Å². The van der Waals surface area contributed by atoms with Crippen molar-refractivity contribution in [1.29, 1.82) is 0 Å². The highest BCUT2D eigenvalue weighted by Gasteiger charge is 2.24. The number of nitrogens with zero attached hydrogens (tertiary/aromatic N) is 4. The summed E-state index contributed by atoms with van der Waals surface area (Å²) in [6, 6.07) is 3.66. The number of aromatic nitrogens is 4. The maximum atomic E-state index is 12.5. The first-order chi connectivity index (χ1) is 8.97. The highest BCUT2D eigenvalue weighted by molar-refractivity contribution is 7.99. The van der Waals surface area contributed by atoms with Crippen molar-refractivity contribution < 1.29 is 8.78 Å². The minimum absolute atomic E-state index is 0.176. The summed E-state index contributed by atoms with van der Waals surface area (Å²) in [7, 11) is 1.78. The average Bonchev–Trinajstić information content (AvgIpc) is 2.71. The molecule has 0 unspecified atom stereocenters. The Kier molecular flexibility index (Phi) is 4.36. The SMILES string of the molecule is Cn1c(SCCC(F)(F)Cl)nnc1-c1cccnc1. The lowest BCUT2D eigenvalue weighted by atomic mass is 10.3. The second kappa shape index (κ2) is 5.83. The van der Waals surface area contributed by atoms with E-state index in [1.807, 2.05) is 6.07 Å². The van der Waals surface area contributed by atoms with Crippen LogP contribution in [0.5, 0.6) is 0 Å². The molecule has 8 heteroatoms. The van der Waals surface area contributed by atoms with Gasteiger partial charge in [-0.25, -0.2) is 0 Å². The Morgan fingerprint density at radius 2 is 2.21 bits per heavy atom. The molecule has 2 heterocycles. The van der Waals surface area contributed by atoms with E-state index < -0.39 is 11.8 Å². The van der Waals surface area contributed by atoms with Gasteiger partial charge in [-0.1, -0.05) is 11.8 Å². The van der Waals surface area contributed by atoms with E-state index in [1.54, 1.807) is 30.1 Å². The Bertz CT molecular complexity index is 541. The summed E-state index contributed by atoms with van der Waals surface area (Å²) in [5.41, 5.74) is 0.826. The highest BCUT2D eigenvalue weighted by Crippen LogP contribution is 2.28. The fourth-order valence-corrected chi connectivity index (χ4v) is 2.57. The number of pyridine rings is 1. The van der Waals surface area contributed by atoms with Crippen molar-refractivity contribution in [2.24, 2.45) is 7.05 Å². The van der Waals surface area contributed by atoms with Gasteiger partial charge in [-0.2, -0.15) is 8.78 Å². The fourth-order valence-electron chi connectivity index (χ4n) is 1.45. The van der Waals surface area contributed by atoms with Crippen LogP contribution in [0, 0.1) is 0 Å². The van der Waals surface area contributed by atoms with Gasteiger partial charge in [0.15, 0.2) is 11.0 Å². The van der Waals surface area contributed by atoms with Crippen molar-refractivity contribution >= 4 is 23.4 Å². The molecule has 0 aromatic carbocycles. The Hall–Kier alpha value is -1.21. The van der Waals surface area contributed by atoms with Crippen molar-refractivity contribution in [2.45, 2.75) is 17.0 Å². The molecular formula is C11H11ClF2N4S. The number of thioether (sulfide) groups is 1. The minimum Gasteiger partial charge on any atom is -0.305 e. The second-order valence-corrected chi connectivity index (χ2v) is 5.44. The summed E-state index contributed by atoms with van der Waals surface area (Å²) in [5.74, 6) is 0.823. The maximum absolute atomic E-state index is 12.5. The molecule has 0 N–H and O–H groups in total. The van der Waals surface area contributed by atoms with E-state index in [4.69, 9.17) is 11.6 Å². The summed E-state index contributed by atoms with van der Waals surface area (Å²) >= 11 is 6.04. The lowest BCUT2D eigenvalue weighted by Crippen LogP contribution is -2.06. The van der Waals surface area contributed by atoms with Crippen molar-refractivity contribution in [3.8, 4) is 11.4 Å². The van der Waals surface area contributed by atoms with Crippen LogP contribution in [-0.2, 0) is 7.05 Å². The Morgan fingerprint density at radius 3 is 2.84 bits per heavy atom. The summed E-state index contributed by atoms with van der Waals surface area (Å²) in [6.07, 6.45) is 2.93. The highest BCUT2D eigenvalue weighted by atomic mass is 35.5. The van der Waals surface area contributed by atoms with Crippen molar-refractivity contribution in [3.63, 3.8) is 0 Å². The van der Waals surface area contributed by atoms with Gasteiger partial charge in [0.1, 0.15) is 0 Å². The van der Waals surface area contributed by atoms with Gasteiger partial charge in [0.2, 0.25) is 0 Å². The van der Waals surface area contributed by atoms with E-state index in [1.165, 1.54) is 11.8 Å². The van der Waals surface area contributed by atoms with Gasteiger partial charge in [0.05, 0.1) is 0 Å². The summed E-state index contributed by atoms with van der Waals surface area (Å²) < 4.78 is 26.7. The van der Waals surface area contributed by atoms with Crippen LogP contribution in [0.25, 0.3) is 11.4 Å². The molecule has 2 aromatic rings. The van der Waals surface area contributed by atoms with E-state index in [0.29, 0.717) is 11.0 Å². The lowest BCUT2D eigenvalue weighted by Gasteiger charge is -2.06. The molecule has 0 bridgehead atoms. The molecule has 0 aliphatic heterocycles. The van der Waals surface area contributed by atoms with E-state index in [2.05, 4.69) is 15.2 Å². The minimum atomic E-state index is -3.17. The monoisotopic (exact) mass is 304 g/mol. The number of hydrogen-bond acceptors (Lipinski definition) is 4. The van der Waals surface area contributed by atoms with E-state index in [-0.39, 0.29) is 5.75 Å². The molecule has 0 saturated heterocycles. The first kappa shape index (κ1) is 14.2. The van der Waals surface area contributed by atoms with Crippen LogP contribution in [-0.4, -0.2) is 30.9 Å². The van der Waals surface area contributed by atoms with Crippen molar-refractivity contribution in [1.82, 2.24) is 19.7 Å².